The minimum Gasteiger partial charge on any atom is -0.352 e. The molecule has 11 N–H and O–H groups in total. The number of urea groups is 4. The lowest BCUT2D eigenvalue weighted by molar-refractivity contribution is 0.223. The fourth-order valence-electron chi connectivity index (χ4n) is 4.42. The van der Waals surface area contributed by atoms with Crippen molar-refractivity contribution in [3.8, 4) is 0 Å². The Labute approximate surface area is 260 Å². The van der Waals surface area contributed by atoms with Crippen molar-refractivity contribution in [2.24, 2.45) is 17.4 Å². The van der Waals surface area contributed by atoms with Crippen LogP contribution in [0.4, 0.5) is 19.2 Å². The van der Waals surface area contributed by atoms with Crippen LogP contribution in [0.2, 0.25) is 0 Å². The summed E-state index contributed by atoms with van der Waals surface area (Å²) in [7, 11) is 0. The standard InChI is InChI=1S/C31H49N9O4/c1-22(2)27(40-31(44)36-20-26(38-28(33)41)17-23-11-5-3-6-12-23)21-37-30(43)39-25(15-9-10-16-32)19-35-29(42)34-18-24-13-7-4-8-14-24/h3-8,11-14,22,25-27H,9-10,15-21,32H2,1-2H3,(H3,33,38,41)(H2,34,35,42)(H2,36,40,44)(H2,37,39,43)/t25-,26-,27?/m0/s1. The summed E-state index contributed by atoms with van der Waals surface area (Å²) in [5.41, 5.74) is 12.9. The Hall–Kier alpha value is -4.52. The second kappa shape index (κ2) is 20.4. The van der Waals surface area contributed by atoms with E-state index in [0.717, 1.165) is 24.0 Å². The van der Waals surface area contributed by atoms with Crippen molar-refractivity contribution in [1.82, 2.24) is 37.2 Å². The van der Waals surface area contributed by atoms with Crippen LogP contribution in [-0.2, 0) is 13.0 Å². The normalized spacial score (nSPS) is 12.7. The van der Waals surface area contributed by atoms with Crippen molar-refractivity contribution < 1.29 is 19.2 Å². The fourth-order valence-corrected chi connectivity index (χ4v) is 4.42. The first-order valence-electron chi connectivity index (χ1n) is 15.1. The largest absolute Gasteiger partial charge is 0.352 e. The molecule has 242 valence electrons. The number of benzene rings is 2. The number of nitrogens with two attached hydrogens (primary N) is 2. The highest BCUT2D eigenvalue weighted by Crippen LogP contribution is 2.04. The summed E-state index contributed by atoms with van der Waals surface area (Å²) >= 11 is 0. The molecule has 0 spiro atoms. The van der Waals surface area contributed by atoms with E-state index in [4.69, 9.17) is 11.5 Å². The molecular weight excluding hydrogens is 562 g/mol. The average Bonchev–Trinajstić information content (AvgIpc) is 3.00. The highest BCUT2D eigenvalue weighted by molar-refractivity contribution is 5.76. The molecule has 0 fully saturated rings. The van der Waals surface area contributed by atoms with Gasteiger partial charge in [-0.05, 0) is 42.9 Å². The zero-order valence-corrected chi connectivity index (χ0v) is 25.7. The summed E-state index contributed by atoms with van der Waals surface area (Å²) in [5, 5.41) is 19.7. The second-order valence-corrected chi connectivity index (χ2v) is 11.0. The molecule has 13 heteroatoms. The SMILES string of the molecule is CC(C)C(CNC(=O)N[C@@H](CCCCN)CNC(=O)NCc1ccccc1)NC(=O)NC[C@H](Cc1ccccc1)NC(N)=O. The average molecular weight is 612 g/mol. The zero-order chi connectivity index (χ0) is 32.2. The van der Waals surface area contributed by atoms with Crippen molar-refractivity contribution in [1.29, 1.82) is 0 Å². The number of nitrogens with one attached hydrogen (secondary N) is 7. The molecule has 0 aromatic heterocycles. The maximum absolute atomic E-state index is 12.8. The third-order valence-corrected chi connectivity index (χ3v) is 6.93. The summed E-state index contributed by atoms with van der Waals surface area (Å²) in [5.74, 6) is 0.0141. The zero-order valence-electron chi connectivity index (χ0n) is 25.7. The van der Waals surface area contributed by atoms with Gasteiger partial charge in [0.15, 0.2) is 0 Å². The Kier molecular flexibility index (Phi) is 16.5. The molecule has 2 aromatic carbocycles. The van der Waals surface area contributed by atoms with Gasteiger partial charge in [-0.15, -0.1) is 0 Å². The van der Waals surface area contributed by atoms with E-state index in [2.05, 4.69) is 37.2 Å². The van der Waals surface area contributed by atoms with Gasteiger partial charge in [0, 0.05) is 32.2 Å². The van der Waals surface area contributed by atoms with Gasteiger partial charge in [0.25, 0.3) is 0 Å². The summed E-state index contributed by atoms with van der Waals surface area (Å²) in [4.78, 5) is 49.3. The van der Waals surface area contributed by atoms with Crippen LogP contribution in [0.1, 0.15) is 44.2 Å². The summed E-state index contributed by atoms with van der Waals surface area (Å²) in [6, 6.07) is 16.2. The number of hydrogen-bond donors (Lipinski definition) is 9. The number of amides is 8. The van der Waals surface area contributed by atoms with Crippen molar-refractivity contribution in [2.75, 3.05) is 26.2 Å². The van der Waals surface area contributed by atoms with Gasteiger partial charge in [-0.3, -0.25) is 0 Å². The van der Waals surface area contributed by atoms with Crippen molar-refractivity contribution in [3.05, 3.63) is 71.8 Å². The van der Waals surface area contributed by atoms with Crippen molar-refractivity contribution in [3.63, 3.8) is 0 Å². The first kappa shape index (κ1) is 35.7. The monoisotopic (exact) mass is 611 g/mol. The lowest BCUT2D eigenvalue weighted by Crippen LogP contribution is -2.55. The van der Waals surface area contributed by atoms with Crippen LogP contribution in [0.25, 0.3) is 0 Å². The molecule has 0 aliphatic rings. The molecule has 0 heterocycles. The molecule has 2 aromatic rings. The van der Waals surface area contributed by atoms with Crippen LogP contribution in [0.3, 0.4) is 0 Å². The first-order valence-corrected chi connectivity index (χ1v) is 15.1. The Balaban J connectivity index is 1.82. The molecule has 0 saturated carbocycles. The van der Waals surface area contributed by atoms with Crippen LogP contribution in [0, 0.1) is 5.92 Å². The molecule has 0 aliphatic heterocycles. The van der Waals surface area contributed by atoms with Crippen LogP contribution >= 0.6 is 0 Å². The Bertz CT molecular complexity index is 1140. The van der Waals surface area contributed by atoms with Gasteiger partial charge < -0.3 is 48.7 Å². The van der Waals surface area contributed by atoms with E-state index in [0.29, 0.717) is 25.9 Å². The fraction of sp³-hybridized carbons (Fsp3) is 0.484. The number of hydrogen-bond acceptors (Lipinski definition) is 5. The molecule has 3 atom stereocenters. The van der Waals surface area contributed by atoms with Crippen LogP contribution in [0.5, 0.6) is 0 Å². The highest BCUT2D eigenvalue weighted by Gasteiger charge is 2.20. The van der Waals surface area contributed by atoms with Gasteiger partial charge in [0.05, 0.1) is 12.1 Å². The number of carbonyl (C=O) groups excluding carboxylic acids is 4. The second-order valence-electron chi connectivity index (χ2n) is 11.0. The predicted octanol–water partition coefficient (Wildman–Crippen LogP) is 1.89. The first-order chi connectivity index (χ1) is 21.2. The van der Waals surface area contributed by atoms with E-state index in [9.17, 15) is 19.2 Å². The Morgan fingerprint density at radius 1 is 0.659 bits per heavy atom. The number of unbranched alkanes of at least 4 members (excludes halogenated alkanes) is 1. The molecule has 0 radical (unpaired) electrons. The van der Waals surface area contributed by atoms with E-state index >= 15 is 0 Å². The van der Waals surface area contributed by atoms with Gasteiger partial charge >= 0.3 is 24.1 Å². The lowest BCUT2D eigenvalue weighted by atomic mass is 10.0. The van der Waals surface area contributed by atoms with Gasteiger partial charge in [0.1, 0.15) is 0 Å². The minimum atomic E-state index is -0.673. The third-order valence-electron chi connectivity index (χ3n) is 6.93. The number of primary amides is 1. The summed E-state index contributed by atoms with van der Waals surface area (Å²) in [6.45, 7) is 5.40. The van der Waals surface area contributed by atoms with Gasteiger partial charge in [-0.2, -0.15) is 0 Å². The van der Waals surface area contributed by atoms with E-state index in [-0.39, 0.29) is 43.7 Å². The van der Waals surface area contributed by atoms with E-state index in [1.807, 2.05) is 74.5 Å². The van der Waals surface area contributed by atoms with Crippen molar-refractivity contribution in [2.45, 2.75) is 64.2 Å². The van der Waals surface area contributed by atoms with Crippen LogP contribution < -0.4 is 48.7 Å². The van der Waals surface area contributed by atoms with E-state index < -0.39 is 24.1 Å². The molecule has 13 nitrogen and oxygen atoms in total. The maximum Gasteiger partial charge on any atom is 0.315 e. The molecule has 44 heavy (non-hydrogen) atoms. The molecular formula is C31H49N9O4. The lowest BCUT2D eigenvalue weighted by Gasteiger charge is -2.25. The van der Waals surface area contributed by atoms with Crippen LogP contribution in [0.15, 0.2) is 60.7 Å². The Morgan fingerprint density at radius 3 is 1.84 bits per heavy atom. The van der Waals surface area contributed by atoms with Crippen molar-refractivity contribution >= 4 is 24.1 Å². The van der Waals surface area contributed by atoms with Crippen LogP contribution in [-0.4, -0.2) is 68.4 Å². The van der Waals surface area contributed by atoms with Gasteiger partial charge in [-0.25, -0.2) is 19.2 Å². The topological polar surface area (TPSA) is 205 Å². The molecule has 2 rings (SSSR count). The molecule has 0 bridgehead atoms. The minimum absolute atomic E-state index is 0.0141. The summed E-state index contributed by atoms with van der Waals surface area (Å²) in [6.07, 6.45) is 2.73. The number of carbonyl (C=O) groups is 4. The Morgan fingerprint density at radius 2 is 1.23 bits per heavy atom. The predicted molar refractivity (Wildman–Crippen MR) is 172 cm³/mol. The quantitative estimate of drug-likeness (QED) is 0.116. The summed E-state index contributed by atoms with van der Waals surface area (Å²) < 4.78 is 0. The third kappa shape index (κ3) is 15.6. The smallest absolute Gasteiger partial charge is 0.315 e. The van der Waals surface area contributed by atoms with E-state index in [1.54, 1.807) is 0 Å². The molecule has 8 amide bonds. The van der Waals surface area contributed by atoms with Gasteiger partial charge in [0.2, 0.25) is 0 Å². The maximum atomic E-state index is 12.8. The molecule has 0 saturated heterocycles. The van der Waals surface area contributed by atoms with E-state index in [1.165, 1.54) is 0 Å². The highest BCUT2D eigenvalue weighted by atomic mass is 16.2. The number of rotatable bonds is 18. The van der Waals surface area contributed by atoms with Gasteiger partial charge in [-0.1, -0.05) is 80.9 Å². The molecule has 0 aliphatic carbocycles. The molecule has 1 unspecified atom stereocenters.